The minimum Gasteiger partial charge on any atom is -0.293 e. The fourth-order valence-corrected chi connectivity index (χ4v) is 1.03. The molecule has 1 radical (unpaired) electrons. The first-order valence-electron chi connectivity index (χ1n) is 3.52. The molecule has 1 unspecified atom stereocenters. The molecule has 2 heteroatoms. The van der Waals surface area contributed by atoms with Crippen LogP contribution in [0, 0.1) is 0 Å². The Balaban J connectivity index is 2.85. The molecular formula is C9H10NS. The lowest BCUT2D eigenvalue weighted by Crippen LogP contribution is -2.06. The van der Waals surface area contributed by atoms with Crippen LogP contribution in [-0.4, -0.2) is 4.99 Å². The first-order valence-corrected chi connectivity index (χ1v) is 3.93. The van der Waals surface area contributed by atoms with Crippen molar-refractivity contribution >= 4 is 17.2 Å². The molecule has 0 bridgehead atoms. The van der Waals surface area contributed by atoms with Gasteiger partial charge in [-0.3, -0.25) is 5.73 Å². The molecule has 0 aliphatic carbocycles. The lowest BCUT2D eigenvalue weighted by atomic mass is 10.0. The molecule has 0 saturated heterocycles. The van der Waals surface area contributed by atoms with Crippen LogP contribution in [0.5, 0.6) is 0 Å². The van der Waals surface area contributed by atoms with Crippen molar-refractivity contribution in [2.24, 2.45) is 0 Å². The Labute approximate surface area is 72.2 Å². The molecule has 1 nitrogen and oxygen atoms in total. The average molecular weight is 164 g/mol. The summed E-state index contributed by atoms with van der Waals surface area (Å²) in [5, 5.41) is 0. The van der Waals surface area contributed by atoms with Crippen molar-refractivity contribution in [1.82, 2.24) is 5.73 Å². The third-order valence-corrected chi connectivity index (χ3v) is 2.05. The zero-order valence-electron chi connectivity index (χ0n) is 6.37. The molecule has 0 saturated carbocycles. The molecule has 1 aromatic carbocycles. The van der Waals surface area contributed by atoms with Crippen LogP contribution in [0.2, 0.25) is 0 Å². The van der Waals surface area contributed by atoms with Gasteiger partial charge in [-0.1, -0.05) is 49.5 Å². The van der Waals surface area contributed by atoms with Gasteiger partial charge in [0.25, 0.3) is 0 Å². The minimum atomic E-state index is 0.0752. The quantitative estimate of drug-likeness (QED) is 0.616. The number of benzene rings is 1. The number of hydrogen-bond acceptors (Lipinski definition) is 1. The molecule has 57 valence electrons. The number of thiocarbonyl (C=S) groups is 1. The van der Waals surface area contributed by atoms with Crippen LogP contribution in [0.1, 0.15) is 18.4 Å². The first-order chi connectivity index (χ1) is 5.22. The van der Waals surface area contributed by atoms with Gasteiger partial charge in [-0.15, -0.1) is 0 Å². The molecule has 0 spiro atoms. The summed E-state index contributed by atoms with van der Waals surface area (Å²) in [7, 11) is 0. The van der Waals surface area contributed by atoms with Crippen molar-refractivity contribution in [2.45, 2.75) is 12.8 Å². The molecule has 1 atom stereocenters. The normalized spacial score (nSPS) is 12.5. The second kappa shape index (κ2) is 3.49. The maximum Gasteiger partial charge on any atom is 0.101 e. The summed E-state index contributed by atoms with van der Waals surface area (Å²) in [6.45, 7) is 1.95. The average Bonchev–Trinajstić information content (AvgIpc) is 2.05. The van der Waals surface area contributed by atoms with Crippen LogP contribution in [0.15, 0.2) is 30.3 Å². The van der Waals surface area contributed by atoms with E-state index in [1.54, 1.807) is 0 Å². The largest absolute Gasteiger partial charge is 0.293 e. The van der Waals surface area contributed by atoms with E-state index in [0.717, 1.165) is 5.56 Å². The lowest BCUT2D eigenvalue weighted by Gasteiger charge is -2.07. The molecule has 1 rings (SSSR count). The number of rotatable bonds is 2. The Morgan fingerprint density at radius 1 is 1.36 bits per heavy atom. The van der Waals surface area contributed by atoms with Crippen molar-refractivity contribution in [3.8, 4) is 0 Å². The van der Waals surface area contributed by atoms with Gasteiger partial charge in [0.1, 0.15) is 4.99 Å². The molecular weight excluding hydrogens is 154 g/mol. The van der Waals surface area contributed by atoms with E-state index in [9.17, 15) is 0 Å². The van der Waals surface area contributed by atoms with E-state index in [1.165, 1.54) is 0 Å². The second-order valence-electron chi connectivity index (χ2n) is 2.50. The molecule has 0 amide bonds. The first kappa shape index (κ1) is 8.21. The highest BCUT2D eigenvalue weighted by atomic mass is 32.1. The maximum atomic E-state index is 7.25. The Morgan fingerprint density at radius 2 is 1.91 bits per heavy atom. The summed E-state index contributed by atoms with van der Waals surface area (Å²) in [6, 6.07) is 9.87. The smallest absolute Gasteiger partial charge is 0.101 e. The van der Waals surface area contributed by atoms with Gasteiger partial charge in [-0.2, -0.15) is 0 Å². The van der Waals surface area contributed by atoms with Gasteiger partial charge < -0.3 is 0 Å². The van der Waals surface area contributed by atoms with Crippen molar-refractivity contribution in [3.05, 3.63) is 35.9 Å². The molecule has 0 fully saturated rings. The van der Waals surface area contributed by atoms with Gasteiger partial charge in [0.15, 0.2) is 0 Å². The van der Waals surface area contributed by atoms with Gasteiger partial charge in [-0.05, 0) is 5.56 Å². The topological polar surface area (TPSA) is 23.8 Å². The number of nitrogens with one attached hydrogen (secondary N) is 1. The van der Waals surface area contributed by atoms with Gasteiger partial charge >= 0.3 is 0 Å². The second-order valence-corrected chi connectivity index (χ2v) is 2.94. The molecule has 0 aromatic heterocycles. The zero-order valence-corrected chi connectivity index (χ0v) is 7.19. The van der Waals surface area contributed by atoms with Crippen LogP contribution in [0.3, 0.4) is 0 Å². The minimum absolute atomic E-state index is 0.0752. The predicted octanol–water partition coefficient (Wildman–Crippen LogP) is 2.40. The van der Waals surface area contributed by atoms with E-state index < -0.39 is 0 Å². The van der Waals surface area contributed by atoms with Crippen molar-refractivity contribution in [3.63, 3.8) is 0 Å². The Kier molecular flexibility index (Phi) is 2.60. The standard InChI is InChI=1S/C9H10NS/c1-7(9(10)11)8-5-3-2-4-6-8/h2-7,10H,1H3. The molecule has 1 N–H and O–H groups in total. The van der Waals surface area contributed by atoms with Gasteiger partial charge in [0.2, 0.25) is 0 Å². The van der Waals surface area contributed by atoms with E-state index in [-0.39, 0.29) is 5.92 Å². The van der Waals surface area contributed by atoms with Gasteiger partial charge in [0, 0.05) is 5.92 Å². The summed E-state index contributed by atoms with van der Waals surface area (Å²) in [6.07, 6.45) is 0. The van der Waals surface area contributed by atoms with Crippen LogP contribution in [0.25, 0.3) is 0 Å². The third-order valence-electron chi connectivity index (χ3n) is 1.69. The molecule has 0 aliphatic heterocycles. The van der Waals surface area contributed by atoms with Crippen LogP contribution < -0.4 is 5.73 Å². The van der Waals surface area contributed by atoms with Crippen molar-refractivity contribution < 1.29 is 0 Å². The summed E-state index contributed by atoms with van der Waals surface area (Å²) in [4.78, 5) is 0.302. The third kappa shape index (κ3) is 2.02. The van der Waals surface area contributed by atoms with E-state index in [2.05, 4.69) is 0 Å². The Hall–Kier alpha value is -0.890. The van der Waals surface area contributed by atoms with E-state index in [0.29, 0.717) is 4.99 Å². The monoisotopic (exact) mass is 164 g/mol. The highest BCUT2D eigenvalue weighted by molar-refractivity contribution is 7.80. The summed E-state index contributed by atoms with van der Waals surface area (Å²) in [5.41, 5.74) is 8.37. The molecule has 1 aromatic rings. The van der Waals surface area contributed by atoms with Crippen LogP contribution in [-0.2, 0) is 0 Å². The predicted molar refractivity (Wildman–Crippen MR) is 50.6 cm³/mol. The maximum absolute atomic E-state index is 7.25. The van der Waals surface area contributed by atoms with Gasteiger partial charge in [0.05, 0.1) is 0 Å². The SMILES string of the molecule is CC(C([NH])=S)c1ccccc1. The van der Waals surface area contributed by atoms with E-state index in [4.69, 9.17) is 18.0 Å². The lowest BCUT2D eigenvalue weighted by molar-refractivity contribution is 1.02. The highest BCUT2D eigenvalue weighted by Crippen LogP contribution is 2.14. The van der Waals surface area contributed by atoms with Crippen LogP contribution in [0.4, 0.5) is 0 Å². The highest BCUT2D eigenvalue weighted by Gasteiger charge is 2.06. The number of hydrogen-bond donors (Lipinski definition) is 0. The molecule has 0 aliphatic rings. The zero-order chi connectivity index (χ0) is 8.27. The van der Waals surface area contributed by atoms with E-state index >= 15 is 0 Å². The summed E-state index contributed by atoms with van der Waals surface area (Å²) < 4.78 is 0. The fourth-order valence-electron chi connectivity index (χ4n) is 0.893. The fraction of sp³-hybridized carbons (Fsp3) is 0.222. The van der Waals surface area contributed by atoms with Crippen molar-refractivity contribution in [2.75, 3.05) is 0 Å². The Morgan fingerprint density at radius 3 is 2.36 bits per heavy atom. The van der Waals surface area contributed by atoms with Crippen molar-refractivity contribution in [1.29, 1.82) is 0 Å². The molecule has 0 heterocycles. The van der Waals surface area contributed by atoms with E-state index in [1.807, 2.05) is 37.3 Å². The van der Waals surface area contributed by atoms with Crippen LogP contribution >= 0.6 is 12.2 Å². The summed E-state index contributed by atoms with van der Waals surface area (Å²) >= 11 is 4.77. The summed E-state index contributed by atoms with van der Waals surface area (Å²) in [5.74, 6) is 0.0752. The van der Waals surface area contributed by atoms with Gasteiger partial charge in [-0.25, -0.2) is 0 Å². The molecule has 11 heavy (non-hydrogen) atoms. The Bertz CT molecular complexity index is 243.